The first-order valence-electron chi connectivity index (χ1n) is 4.46. The second-order valence-corrected chi connectivity index (χ2v) is 3.10. The van der Waals surface area contributed by atoms with Gasteiger partial charge in [0.25, 0.3) is 0 Å². The van der Waals surface area contributed by atoms with Gasteiger partial charge in [-0.15, -0.1) is 4.68 Å². The van der Waals surface area contributed by atoms with Crippen molar-refractivity contribution >= 4 is 11.9 Å². The number of carbonyl (C=O) groups excluding carboxylic acids is 1. The molecule has 0 bridgehead atoms. The molecule has 0 fully saturated rings. The molecule has 9 heteroatoms. The highest BCUT2D eigenvalue weighted by atomic mass is 16.6. The van der Waals surface area contributed by atoms with Crippen molar-refractivity contribution in [3.63, 3.8) is 0 Å². The summed E-state index contributed by atoms with van der Waals surface area (Å²) in [5.41, 5.74) is -0.586. The summed E-state index contributed by atoms with van der Waals surface area (Å²) < 4.78 is 1.78. The van der Waals surface area contributed by atoms with Crippen LogP contribution in [0.5, 0.6) is 0 Å². The smallest absolute Gasteiger partial charge is 0.390 e. The van der Waals surface area contributed by atoms with Crippen molar-refractivity contribution in [1.82, 2.24) is 19.7 Å². The van der Waals surface area contributed by atoms with Crippen LogP contribution in [0.3, 0.4) is 0 Å². The molecule has 1 rings (SSSR count). The van der Waals surface area contributed by atoms with Gasteiger partial charge in [-0.2, -0.15) is 4.57 Å². The van der Waals surface area contributed by atoms with Gasteiger partial charge in [-0.05, 0) is 4.92 Å². The lowest BCUT2D eigenvalue weighted by Gasteiger charge is -2.00. The molecule has 1 amide bonds. The van der Waals surface area contributed by atoms with E-state index in [1.54, 1.807) is 0 Å². The molecule has 1 aromatic rings. The average Bonchev–Trinajstić information content (AvgIpc) is 2.45. The van der Waals surface area contributed by atoms with Gasteiger partial charge < -0.3 is 15.4 Å². The summed E-state index contributed by atoms with van der Waals surface area (Å²) in [7, 11) is 1.32. The summed E-state index contributed by atoms with van der Waals surface area (Å²) in [6.07, 6.45) is 0. The van der Waals surface area contributed by atoms with Crippen molar-refractivity contribution in [2.24, 2.45) is 7.05 Å². The summed E-state index contributed by atoms with van der Waals surface area (Å²) >= 11 is 0. The molecule has 0 aliphatic heterocycles. The molecule has 0 spiro atoms. The molecule has 1 N–H and O–H groups in total. The molecule has 0 unspecified atom stereocenters. The molecule has 1 heterocycles. The number of amides is 1. The van der Waals surface area contributed by atoms with E-state index in [0.29, 0.717) is 0 Å². The maximum atomic E-state index is 11.4. The number of rotatable bonds is 4. The summed E-state index contributed by atoms with van der Waals surface area (Å²) in [5.74, 6) is -0.794. The highest BCUT2D eigenvalue weighted by Gasteiger charge is 2.21. The zero-order valence-corrected chi connectivity index (χ0v) is 8.84. The second-order valence-electron chi connectivity index (χ2n) is 3.10. The number of nitrogens with one attached hydrogen (secondary N) is 1. The molecule has 0 aliphatic carbocycles. The molecule has 16 heavy (non-hydrogen) atoms. The number of hydrogen-bond acceptors (Lipinski definition) is 5. The Bertz CT molecular complexity index is 474. The van der Waals surface area contributed by atoms with Gasteiger partial charge in [-0.1, -0.05) is 0 Å². The van der Waals surface area contributed by atoms with Crippen LogP contribution in [0.1, 0.15) is 6.92 Å². The maximum absolute atomic E-state index is 11.4. The van der Waals surface area contributed by atoms with E-state index in [9.17, 15) is 19.7 Å². The largest absolute Gasteiger partial charge is 0.459 e. The monoisotopic (exact) mass is 229 g/mol. The summed E-state index contributed by atoms with van der Waals surface area (Å²) in [6.45, 7) is 1.48. The Morgan fingerprint density at radius 2 is 2.25 bits per heavy atom. The third-order valence-corrected chi connectivity index (χ3v) is 1.86. The SMILES string of the molecule is CC(=O)NCCn1c([N+](=O)[O-])nn(C)c1=O. The molecule has 0 radical (unpaired) electrons. The predicted molar refractivity (Wildman–Crippen MR) is 52.8 cm³/mol. The summed E-state index contributed by atoms with van der Waals surface area (Å²) in [6, 6.07) is 0. The van der Waals surface area contributed by atoms with E-state index in [-0.39, 0.29) is 19.0 Å². The Kier molecular flexibility index (Phi) is 3.38. The highest BCUT2D eigenvalue weighted by Crippen LogP contribution is 2.01. The summed E-state index contributed by atoms with van der Waals surface area (Å²) in [4.78, 5) is 31.8. The van der Waals surface area contributed by atoms with Gasteiger partial charge in [0.05, 0.1) is 13.6 Å². The van der Waals surface area contributed by atoms with Crippen LogP contribution in [-0.2, 0) is 18.4 Å². The van der Waals surface area contributed by atoms with E-state index in [0.717, 1.165) is 9.25 Å². The lowest BCUT2D eigenvalue weighted by atomic mass is 10.5. The van der Waals surface area contributed by atoms with Gasteiger partial charge in [0.1, 0.15) is 0 Å². The molecular formula is C7H11N5O4. The van der Waals surface area contributed by atoms with Gasteiger partial charge in [-0.3, -0.25) is 4.79 Å². The number of aromatic nitrogens is 3. The number of carbonyl (C=O) groups is 1. The van der Waals surface area contributed by atoms with Crippen LogP contribution < -0.4 is 11.0 Å². The van der Waals surface area contributed by atoms with Gasteiger partial charge in [0, 0.05) is 18.6 Å². The van der Waals surface area contributed by atoms with Crippen molar-refractivity contribution in [2.45, 2.75) is 13.5 Å². The standard InChI is InChI=1S/C7H11N5O4/c1-5(13)8-3-4-11-6(12(15)16)9-10(2)7(11)14/h3-4H2,1-2H3,(H,8,13). The fourth-order valence-corrected chi connectivity index (χ4v) is 1.17. The zero-order chi connectivity index (χ0) is 12.3. The van der Waals surface area contributed by atoms with Crippen molar-refractivity contribution in [2.75, 3.05) is 6.54 Å². The van der Waals surface area contributed by atoms with E-state index >= 15 is 0 Å². The first kappa shape index (κ1) is 11.9. The molecule has 0 atom stereocenters. The van der Waals surface area contributed by atoms with Crippen LogP contribution >= 0.6 is 0 Å². The topological polar surface area (TPSA) is 112 Å². The van der Waals surface area contributed by atoms with Crippen LogP contribution in [0.2, 0.25) is 0 Å². The van der Waals surface area contributed by atoms with Crippen LogP contribution in [0.25, 0.3) is 0 Å². The zero-order valence-electron chi connectivity index (χ0n) is 8.84. The average molecular weight is 229 g/mol. The first-order chi connectivity index (χ1) is 7.43. The minimum atomic E-state index is -0.741. The van der Waals surface area contributed by atoms with Crippen LogP contribution in [0, 0.1) is 10.1 Å². The molecule has 9 nitrogen and oxygen atoms in total. The van der Waals surface area contributed by atoms with Crippen molar-refractivity contribution in [3.8, 4) is 0 Å². The lowest BCUT2D eigenvalue weighted by molar-refractivity contribution is -0.397. The Labute approximate surface area is 89.8 Å². The normalized spacial score (nSPS) is 10.1. The Hall–Kier alpha value is -2.19. The second kappa shape index (κ2) is 4.55. The Morgan fingerprint density at radius 1 is 1.62 bits per heavy atom. The number of nitro groups is 1. The molecule has 1 aromatic heterocycles. The van der Waals surface area contributed by atoms with E-state index in [1.165, 1.54) is 14.0 Å². The van der Waals surface area contributed by atoms with Crippen LogP contribution in [-0.4, -0.2) is 31.7 Å². The summed E-state index contributed by atoms with van der Waals surface area (Å²) in [5, 5.41) is 16.5. The van der Waals surface area contributed by atoms with Crippen molar-refractivity contribution in [1.29, 1.82) is 0 Å². The minimum Gasteiger partial charge on any atom is -0.390 e. The first-order valence-corrected chi connectivity index (χ1v) is 4.46. The Balaban J connectivity index is 2.89. The molecule has 88 valence electrons. The Morgan fingerprint density at radius 3 is 2.75 bits per heavy atom. The fraction of sp³-hybridized carbons (Fsp3) is 0.571. The number of nitrogens with zero attached hydrogens (tertiary/aromatic N) is 4. The number of hydrogen-bond donors (Lipinski definition) is 1. The predicted octanol–water partition coefficient (Wildman–Crippen LogP) is -1.37. The maximum Gasteiger partial charge on any atom is 0.459 e. The molecular weight excluding hydrogens is 218 g/mol. The van der Waals surface area contributed by atoms with E-state index < -0.39 is 16.6 Å². The highest BCUT2D eigenvalue weighted by molar-refractivity contribution is 5.72. The molecule has 0 saturated carbocycles. The van der Waals surface area contributed by atoms with E-state index in [2.05, 4.69) is 10.4 Å². The van der Waals surface area contributed by atoms with Crippen LogP contribution in [0.15, 0.2) is 4.79 Å². The van der Waals surface area contributed by atoms with Crippen molar-refractivity contribution < 1.29 is 9.72 Å². The molecule has 0 aromatic carbocycles. The lowest BCUT2D eigenvalue weighted by Crippen LogP contribution is -2.30. The van der Waals surface area contributed by atoms with Gasteiger partial charge in [0.15, 0.2) is 0 Å². The van der Waals surface area contributed by atoms with Gasteiger partial charge >= 0.3 is 11.6 Å². The fourth-order valence-electron chi connectivity index (χ4n) is 1.17. The third-order valence-electron chi connectivity index (χ3n) is 1.86. The quantitative estimate of drug-likeness (QED) is 0.505. The molecule has 0 aliphatic rings. The van der Waals surface area contributed by atoms with Crippen molar-refractivity contribution in [3.05, 3.63) is 20.6 Å². The van der Waals surface area contributed by atoms with E-state index in [4.69, 9.17) is 0 Å². The van der Waals surface area contributed by atoms with Gasteiger partial charge in [-0.25, -0.2) is 4.79 Å². The van der Waals surface area contributed by atoms with Gasteiger partial charge in [0.2, 0.25) is 5.91 Å². The number of aryl methyl sites for hydroxylation is 1. The molecule has 0 saturated heterocycles. The van der Waals surface area contributed by atoms with Crippen LogP contribution in [0.4, 0.5) is 5.95 Å². The minimum absolute atomic E-state index is 0.0164. The van der Waals surface area contributed by atoms with E-state index in [1.807, 2.05) is 0 Å². The third kappa shape index (κ3) is 2.43.